The third-order valence-corrected chi connectivity index (χ3v) is 3.49. The SMILES string of the molecule is CC(=O)CCCOc1ccc(/C=C/C(=O)NO)c(Oc2ccc(F)cc2)c1. The molecule has 0 aliphatic rings. The summed E-state index contributed by atoms with van der Waals surface area (Å²) in [5, 5.41) is 8.59. The average Bonchev–Trinajstić information content (AvgIpc) is 2.66. The third kappa shape index (κ3) is 6.91. The van der Waals surface area contributed by atoms with Crippen LogP contribution in [0.2, 0.25) is 0 Å². The number of nitrogens with one attached hydrogen (secondary N) is 1. The number of carbonyl (C=O) groups is 2. The van der Waals surface area contributed by atoms with Gasteiger partial charge in [-0.25, -0.2) is 9.87 Å². The second-order valence-electron chi connectivity index (χ2n) is 5.72. The molecule has 0 unspecified atom stereocenters. The van der Waals surface area contributed by atoms with Gasteiger partial charge >= 0.3 is 0 Å². The Balaban J connectivity index is 2.19. The lowest BCUT2D eigenvalue weighted by atomic mass is 10.1. The van der Waals surface area contributed by atoms with Crippen LogP contribution in [0.4, 0.5) is 4.39 Å². The van der Waals surface area contributed by atoms with Crippen LogP contribution in [0.5, 0.6) is 17.2 Å². The summed E-state index contributed by atoms with van der Waals surface area (Å²) in [6.07, 6.45) is 3.64. The van der Waals surface area contributed by atoms with E-state index in [9.17, 15) is 14.0 Å². The van der Waals surface area contributed by atoms with Gasteiger partial charge in [0.15, 0.2) is 0 Å². The van der Waals surface area contributed by atoms with Gasteiger partial charge in [-0.3, -0.25) is 10.0 Å². The molecular weight excluding hydrogens is 353 g/mol. The van der Waals surface area contributed by atoms with E-state index in [2.05, 4.69) is 0 Å². The van der Waals surface area contributed by atoms with Crippen molar-refractivity contribution in [2.45, 2.75) is 19.8 Å². The molecule has 2 aromatic carbocycles. The molecule has 2 rings (SSSR count). The maximum absolute atomic E-state index is 13.1. The summed E-state index contributed by atoms with van der Waals surface area (Å²) in [7, 11) is 0. The van der Waals surface area contributed by atoms with E-state index < -0.39 is 5.91 Å². The van der Waals surface area contributed by atoms with Gasteiger partial charge in [0, 0.05) is 24.1 Å². The van der Waals surface area contributed by atoms with Gasteiger partial charge in [0.05, 0.1) is 6.61 Å². The molecule has 1 amide bonds. The number of benzene rings is 2. The number of hydroxylamine groups is 1. The molecule has 0 bridgehead atoms. The van der Waals surface area contributed by atoms with Gasteiger partial charge < -0.3 is 14.3 Å². The highest BCUT2D eigenvalue weighted by atomic mass is 19.1. The number of hydrogen-bond acceptors (Lipinski definition) is 5. The van der Waals surface area contributed by atoms with Crippen molar-refractivity contribution in [2.75, 3.05) is 6.61 Å². The highest BCUT2D eigenvalue weighted by Gasteiger charge is 2.07. The summed E-state index contributed by atoms with van der Waals surface area (Å²) in [6, 6.07) is 10.5. The Morgan fingerprint density at radius 1 is 1.15 bits per heavy atom. The molecule has 142 valence electrons. The molecule has 0 saturated carbocycles. The molecule has 0 saturated heterocycles. The molecule has 0 radical (unpaired) electrons. The van der Waals surface area contributed by atoms with E-state index in [1.54, 1.807) is 18.2 Å². The lowest BCUT2D eigenvalue weighted by Crippen LogP contribution is -2.14. The second kappa shape index (κ2) is 10.1. The highest BCUT2D eigenvalue weighted by Crippen LogP contribution is 2.30. The molecule has 0 aliphatic carbocycles. The molecular formula is C20H20FNO5. The van der Waals surface area contributed by atoms with Gasteiger partial charge in [-0.1, -0.05) is 0 Å². The Hall–Kier alpha value is -3.19. The maximum Gasteiger partial charge on any atom is 0.267 e. The van der Waals surface area contributed by atoms with Crippen LogP contribution in [-0.4, -0.2) is 23.5 Å². The van der Waals surface area contributed by atoms with E-state index in [0.717, 1.165) is 6.08 Å². The molecule has 0 heterocycles. The third-order valence-electron chi connectivity index (χ3n) is 3.49. The zero-order chi connectivity index (χ0) is 19.6. The number of hydrogen-bond donors (Lipinski definition) is 2. The molecule has 6 nitrogen and oxygen atoms in total. The molecule has 2 aromatic rings. The Morgan fingerprint density at radius 3 is 2.52 bits per heavy atom. The Morgan fingerprint density at radius 2 is 1.85 bits per heavy atom. The minimum absolute atomic E-state index is 0.0987. The normalized spacial score (nSPS) is 10.6. The van der Waals surface area contributed by atoms with Gasteiger partial charge in [-0.2, -0.15) is 0 Å². The number of carbonyl (C=O) groups excluding carboxylic acids is 2. The van der Waals surface area contributed by atoms with E-state index in [0.29, 0.717) is 42.3 Å². The molecule has 0 aliphatic heterocycles. The number of ether oxygens (including phenoxy) is 2. The van der Waals surface area contributed by atoms with Crippen LogP contribution in [-0.2, 0) is 9.59 Å². The van der Waals surface area contributed by atoms with Crippen molar-refractivity contribution < 1.29 is 28.7 Å². The summed E-state index contributed by atoms with van der Waals surface area (Å²) in [5.74, 6) is 0.344. The zero-order valence-corrected chi connectivity index (χ0v) is 14.8. The van der Waals surface area contributed by atoms with Crippen LogP contribution < -0.4 is 15.0 Å². The first-order chi connectivity index (χ1) is 13.0. The van der Waals surface area contributed by atoms with E-state index in [-0.39, 0.29) is 11.6 Å². The predicted molar refractivity (Wildman–Crippen MR) is 97.3 cm³/mol. The Bertz CT molecular complexity index is 818. The Kier molecular flexibility index (Phi) is 7.51. The van der Waals surface area contributed by atoms with Gasteiger partial charge in [-0.05, 0) is 55.8 Å². The second-order valence-corrected chi connectivity index (χ2v) is 5.72. The van der Waals surface area contributed by atoms with E-state index in [1.807, 2.05) is 0 Å². The summed E-state index contributed by atoms with van der Waals surface area (Å²) in [4.78, 5) is 22.2. The first-order valence-electron chi connectivity index (χ1n) is 8.30. The number of ketones is 1. The quantitative estimate of drug-likeness (QED) is 0.302. The van der Waals surface area contributed by atoms with Crippen molar-refractivity contribution in [2.24, 2.45) is 0 Å². The molecule has 0 fully saturated rings. The summed E-state index contributed by atoms with van der Waals surface area (Å²) < 4.78 is 24.5. The summed E-state index contributed by atoms with van der Waals surface area (Å²) in [5.41, 5.74) is 2.06. The molecule has 0 spiro atoms. The minimum Gasteiger partial charge on any atom is -0.493 e. The number of Topliss-reactive ketones (excluding diaryl/α,β-unsaturated/α-hetero) is 1. The fourth-order valence-electron chi connectivity index (χ4n) is 2.17. The van der Waals surface area contributed by atoms with Gasteiger partial charge in [0.2, 0.25) is 0 Å². The monoisotopic (exact) mass is 373 g/mol. The first kappa shape index (κ1) is 20.1. The molecule has 27 heavy (non-hydrogen) atoms. The minimum atomic E-state index is -0.688. The number of rotatable bonds is 9. The topological polar surface area (TPSA) is 84.9 Å². The van der Waals surface area contributed by atoms with Crippen LogP contribution in [0, 0.1) is 5.82 Å². The van der Waals surface area contributed by atoms with Crippen LogP contribution in [0.25, 0.3) is 6.08 Å². The number of amides is 1. The van der Waals surface area contributed by atoms with Crippen molar-refractivity contribution in [1.82, 2.24) is 5.48 Å². The van der Waals surface area contributed by atoms with Gasteiger partial charge in [0.25, 0.3) is 5.91 Å². The van der Waals surface area contributed by atoms with Crippen molar-refractivity contribution in [3.8, 4) is 17.2 Å². The predicted octanol–water partition coefficient (Wildman–Crippen LogP) is 3.88. The molecule has 7 heteroatoms. The fraction of sp³-hybridized carbons (Fsp3) is 0.200. The summed E-state index contributed by atoms with van der Waals surface area (Å²) in [6.45, 7) is 1.90. The smallest absolute Gasteiger partial charge is 0.267 e. The van der Waals surface area contributed by atoms with Gasteiger partial charge in [0.1, 0.15) is 28.8 Å². The van der Waals surface area contributed by atoms with Crippen molar-refractivity contribution in [3.63, 3.8) is 0 Å². The number of halogens is 1. The molecule has 2 N–H and O–H groups in total. The first-order valence-corrected chi connectivity index (χ1v) is 8.30. The standard InChI is InChI=1S/C20H20FNO5/c1-14(23)3-2-12-26-18-8-4-15(5-11-20(24)22-25)19(13-18)27-17-9-6-16(21)7-10-17/h4-11,13,25H,2-3,12H2,1H3,(H,22,24)/b11-5+. The summed E-state index contributed by atoms with van der Waals surface area (Å²) >= 11 is 0. The van der Waals surface area contributed by atoms with Crippen molar-refractivity contribution >= 4 is 17.8 Å². The van der Waals surface area contributed by atoms with Crippen LogP contribution >= 0.6 is 0 Å². The molecule has 0 atom stereocenters. The van der Waals surface area contributed by atoms with Crippen molar-refractivity contribution in [1.29, 1.82) is 0 Å². The van der Waals surface area contributed by atoms with E-state index >= 15 is 0 Å². The largest absolute Gasteiger partial charge is 0.493 e. The van der Waals surface area contributed by atoms with E-state index in [4.69, 9.17) is 14.7 Å². The lowest BCUT2D eigenvalue weighted by molar-refractivity contribution is -0.124. The van der Waals surface area contributed by atoms with Crippen LogP contribution in [0.15, 0.2) is 48.5 Å². The highest BCUT2D eigenvalue weighted by molar-refractivity contribution is 5.91. The van der Waals surface area contributed by atoms with Crippen LogP contribution in [0.3, 0.4) is 0 Å². The van der Waals surface area contributed by atoms with E-state index in [1.165, 1.54) is 42.7 Å². The zero-order valence-electron chi connectivity index (χ0n) is 14.8. The Labute approximate surface area is 156 Å². The lowest BCUT2D eigenvalue weighted by Gasteiger charge is -2.12. The van der Waals surface area contributed by atoms with Crippen LogP contribution in [0.1, 0.15) is 25.3 Å². The average molecular weight is 373 g/mol. The maximum atomic E-state index is 13.1. The van der Waals surface area contributed by atoms with Crippen molar-refractivity contribution in [3.05, 3.63) is 59.9 Å². The van der Waals surface area contributed by atoms with Gasteiger partial charge in [-0.15, -0.1) is 0 Å². The molecule has 0 aromatic heterocycles. The fourth-order valence-corrected chi connectivity index (χ4v) is 2.17.